The maximum absolute atomic E-state index is 12.2. The van der Waals surface area contributed by atoms with Crippen LogP contribution in [0.15, 0.2) is 0 Å². The molecule has 6 nitrogen and oxygen atoms in total. The molecule has 108 valence electrons. The fourth-order valence-electron chi connectivity index (χ4n) is 2.73. The Balaban J connectivity index is 1.93. The number of carboxylic acid groups (broad SMARTS) is 1. The molecule has 2 aliphatic heterocycles. The van der Waals surface area contributed by atoms with Crippen molar-refractivity contribution in [3.05, 3.63) is 0 Å². The first-order valence-electron chi connectivity index (χ1n) is 6.95. The van der Waals surface area contributed by atoms with E-state index in [1.165, 1.54) is 4.90 Å². The summed E-state index contributed by atoms with van der Waals surface area (Å²) in [5.74, 6) is -0.565. The van der Waals surface area contributed by atoms with Gasteiger partial charge in [-0.15, -0.1) is 0 Å². The van der Waals surface area contributed by atoms with Crippen LogP contribution in [0.2, 0.25) is 0 Å². The lowest BCUT2D eigenvalue weighted by Crippen LogP contribution is -2.56. The third-order valence-electron chi connectivity index (χ3n) is 3.90. The summed E-state index contributed by atoms with van der Waals surface area (Å²) in [4.78, 5) is 24.9. The van der Waals surface area contributed by atoms with E-state index >= 15 is 0 Å². The van der Waals surface area contributed by atoms with Crippen LogP contribution < -0.4 is 5.32 Å². The number of carbonyl (C=O) groups is 2. The normalized spacial score (nSPS) is 31.8. The van der Waals surface area contributed by atoms with E-state index in [0.717, 1.165) is 25.9 Å². The number of nitrogens with zero attached hydrogens (tertiary/aromatic N) is 1. The van der Waals surface area contributed by atoms with Crippen LogP contribution in [0.3, 0.4) is 0 Å². The van der Waals surface area contributed by atoms with Gasteiger partial charge in [-0.2, -0.15) is 0 Å². The van der Waals surface area contributed by atoms with E-state index in [0.29, 0.717) is 25.5 Å². The summed E-state index contributed by atoms with van der Waals surface area (Å²) in [6.45, 7) is 3.80. The molecule has 2 N–H and O–H groups in total. The van der Waals surface area contributed by atoms with E-state index in [1.807, 2.05) is 6.92 Å². The van der Waals surface area contributed by atoms with Crippen molar-refractivity contribution in [3.8, 4) is 0 Å². The Morgan fingerprint density at radius 3 is 2.79 bits per heavy atom. The summed E-state index contributed by atoms with van der Waals surface area (Å²) in [5, 5.41) is 12.1. The summed E-state index contributed by atoms with van der Waals surface area (Å²) < 4.78 is 5.31. The molecule has 0 bridgehead atoms. The first-order valence-corrected chi connectivity index (χ1v) is 6.95. The number of hydrogen-bond acceptors (Lipinski definition) is 3. The number of carboxylic acids is 1. The number of ether oxygens (including phenoxy) is 1. The van der Waals surface area contributed by atoms with Crippen LogP contribution in [0.4, 0.5) is 4.79 Å². The van der Waals surface area contributed by atoms with Crippen LogP contribution in [-0.2, 0) is 9.53 Å². The molecule has 2 saturated heterocycles. The standard InChI is InChI=1S/C13H22N2O4/c1-9-4-5-15(11(7-9)12(16)17)13(18)14-10-3-2-6-19-8-10/h9-11H,2-8H2,1H3,(H,14,18)(H,16,17). The number of carbonyl (C=O) groups excluding carboxylic acids is 1. The maximum Gasteiger partial charge on any atom is 0.326 e. The SMILES string of the molecule is CC1CCN(C(=O)NC2CCCOC2)C(C(=O)O)C1. The minimum absolute atomic E-state index is 0.00930. The minimum atomic E-state index is -0.915. The Morgan fingerprint density at radius 2 is 2.16 bits per heavy atom. The first kappa shape index (κ1) is 14.1. The van der Waals surface area contributed by atoms with Crippen molar-refractivity contribution in [2.24, 2.45) is 5.92 Å². The first-order chi connectivity index (χ1) is 9.08. The van der Waals surface area contributed by atoms with Gasteiger partial charge in [0.05, 0.1) is 12.6 Å². The Bertz CT molecular complexity index is 342. The van der Waals surface area contributed by atoms with Crippen molar-refractivity contribution in [2.45, 2.75) is 44.7 Å². The van der Waals surface area contributed by atoms with Crippen LogP contribution in [0, 0.1) is 5.92 Å². The van der Waals surface area contributed by atoms with Gasteiger partial charge in [-0.25, -0.2) is 9.59 Å². The fourth-order valence-corrected chi connectivity index (χ4v) is 2.73. The lowest BCUT2D eigenvalue weighted by atomic mass is 9.93. The van der Waals surface area contributed by atoms with Crippen molar-refractivity contribution in [3.63, 3.8) is 0 Å². The van der Waals surface area contributed by atoms with Crippen LogP contribution >= 0.6 is 0 Å². The molecule has 6 heteroatoms. The van der Waals surface area contributed by atoms with Gasteiger partial charge in [-0.1, -0.05) is 6.92 Å². The van der Waals surface area contributed by atoms with Crippen LogP contribution in [-0.4, -0.2) is 53.8 Å². The van der Waals surface area contributed by atoms with Gasteiger partial charge < -0.3 is 20.1 Å². The largest absolute Gasteiger partial charge is 0.480 e. The highest BCUT2D eigenvalue weighted by Gasteiger charge is 2.35. The molecule has 0 aromatic carbocycles. The number of amides is 2. The molecule has 3 unspecified atom stereocenters. The molecule has 19 heavy (non-hydrogen) atoms. The molecule has 0 aromatic heterocycles. The summed E-state index contributed by atoms with van der Waals surface area (Å²) >= 11 is 0. The topological polar surface area (TPSA) is 78.9 Å². The second kappa shape index (κ2) is 6.23. The number of nitrogens with one attached hydrogen (secondary N) is 1. The van der Waals surface area contributed by atoms with Crippen molar-refractivity contribution in [1.82, 2.24) is 10.2 Å². The zero-order valence-electron chi connectivity index (χ0n) is 11.3. The zero-order chi connectivity index (χ0) is 13.8. The van der Waals surface area contributed by atoms with Gasteiger partial charge in [0.1, 0.15) is 6.04 Å². The number of piperidine rings is 1. The second-order valence-corrected chi connectivity index (χ2v) is 5.54. The van der Waals surface area contributed by atoms with Crippen LogP contribution in [0.1, 0.15) is 32.6 Å². The summed E-state index contributed by atoms with van der Waals surface area (Å²) in [7, 11) is 0. The summed E-state index contributed by atoms with van der Waals surface area (Å²) in [6, 6.07) is -0.960. The van der Waals surface area contributed by atoms with Gasteiger partial charge in [0.15, 0.2) is 0 Å². The quantitative estimate of drug-likeness (QED) is 0.786. The lowest BCUT2D eigenvalue weighted by Gasteiger charge is -2.37. The second-order valence-electron chi connectivity index (χ2n) is 5.54. The molecule has 0 saturated carbocycles. The Labute approximate surface area is 113 Å². The zero-order valence-corrected chi connectivity index (χ0v) is 11.3. The number of hydrogen-bond donors (Lipinski definition) is 2. The Morgan fingerprint density at radius 1 is 1.37 bits per heavy atom. The molecule has 0 aromatic rings. The smallest absolute Gasteiger partial charge is 0.326 e. The van der Waals surface area contributed by atoms with E-state index in [2.05, 4.69) is 5.32 Å². The molecule has 0 aliphatic carbocycles. The van der Waals surface area contributed by atoms with E-state index in [4.69, 9.17) is 4.74 Å². The Kier molecular flexibility index (Phi) is 4.63. The minimum Gasteiger partial charge on any atom is -0.480 e. The molecular weight excluding hydrogens is 248 g/mol. The van der Waals surface area contributed by atoms with Gasteiger partial charge in [0.2, 0.25) is 0 Å². The third kappa shape index (κ3) is 3.59. The maximum atomic E-state index is 12.2. The van der Waals surface area contributed by atoms with Crippen molar-refractivity contribution in [1.29, 1.82) is 0 Å². The summed E-state index contributed by atoms with van der Waals surface area (Å²) in [6.07, 6.45) is 3.22. The highest BCUT2D eigenvalue weighted by Crippen LogP contribution is 2.23. The molecule has 2 rings (SSSR count). The average Bonchev–Trinajstić information content (AvgIpc) is 2.39. The lowest BCUT2D eigenvalue weighted by molar-refractivity contribution is -0.143. The molecule has 2 amide bonds. The monoisotopic (exact) mass is 270 g/mol. The van der Waals surface area contributed by atoms with Crippen molar-refractivity contribution >= 4 is 12.0 Å². The van der Waals surface area contributed by atoms with Gasteiger partial charge in [-0.05, 0) is 31.6 Å². The highest BCUT2D eigenvalue weighted by atomic mass is 16.5. The van der Waals surface area contributed by atoms with Gasteiger partial charge in [-0.3, -0.25) is 0 Å². The summed E-state index contributed by atoms with van der Waals surface area (Å²) in [5.41, 5.74) is 0. The highest BCUT2D eigenvalue weighted by molar-refractivity contribution is 5.83. The molecule has 2 fully saturated rings. The van der Waals surface area contributed by atoms with E-state index in [1.54, 1.807) is 0 Å². The van der Waals surface area contributed by atoms with Gasteiger partial charge in [0, 0.05) is 13.2 Å². The molecule has 0 radical (unpaired) electrons. The number of aliphatic carboxylic acids is 1. The predicted molar refractivity (Wildman–Crippen MR) is 68.9 cm³/mol. The molecular formula is C13H22N2O4. The molecule has 3 atom stereocenters. The number of urea groups is 1. The fraction of sp³-hybridized carbons (Fsp3) is 0.846. The van der Waals surface area contributed by atoms with Gasteiger partial charge in [0.25, 0.3) is 0 Å². The van der Waals surface area contributed by atoms with Crippen LogP contribution in [0.5, 0.6) is 0 Å². The van der Waals surface area contributed by atoms with Crippen molar-refractivity contribution in [2.75, 3.05) is 19.8 Å². The van der Waals surface area contributed by atoms with Crippen LogP contribution in [0.25, 0.3) is 0 Å². The molecule has 2 aliphatic rings. The van der Waals surface area contributed by atoms with E-state index < -0.39 is 12.0 Å². The predicted octanol–water partition coefficient (Wildman–Crippen LogP) is 1.06. The number of likely N-dealkylation sites (tertiary alicyclic amines) is 1. The van der Waals surface area contributed by atoms with E-state index in [-0.39, 0.29) is 12.1 Å². The average molecular weight is 270 g/mol. The van der Waals surface area contributed by atoms with Crippen molar-refractivity contribution < 1.29 is 19.4 Å². The number of rotatable bonds is 2. The molecule has 2 heterocycles. The Hall–Kier alpha value is -1.30. The van der Waals surface area contributed by atoms with Gasteiger partial charge >= 0.3 is 12.0 Å². The third-order valence-corrected chi connectivity index (χ3v) is 3.90. The molecule has 0 spiro atoms. The van der Waals surface area contributed by atoms with E-state index in [9.17, 15) is 14.7 Å².